The molecule has 7 nitrogen and oxygen atoms in total. The van der Waals surface area contributed by atoms with Gasteiger partial charge in [-0.05, 0) is 37.3 Å². The normalized spacial score (nSPS) is 24.2. The smallest absolute Gasteiger partial charge is 0.340 e. The number of aryl methyl sites for hydroxylation is 1. The minimum atomic E-state index is -0.841. The van der Waals surface area contributed by atoms with E-state index in [1.807, 2.05) is 38.1 Å². The fourth-order valence-electron chi connectivity index (χ4n) is 4.72. The van der Waals surface area contributed by atoms with Crippen molar-refractivity contribution in [3.63, 3.8) is 0 Å². The van der Waals surface area contributed by atoms with Crippen molar-refractivity contribution >= 4 is 28.8 Å². The summed E-state index contributed by atoms with van der Waals surface area (Å²) < 4.78 is 4.97. The quantitative estimate of drug-likeness (QED) is 0.636. The number of para-hydroxylation sites is 1. The van der Waals surface area contributed by atoms with Crippen LogP contribution in [0, 0.1) is 12.8 Å². The highest BCUT2D eigenvalue weighted by Crippen LogP contribution is 2.39. The lowest BCUT2D eigenvalue weighted by Crippen LogP contribution is -2.53. The first kappa shape index (κ1) is 19.4. The molecule has 0 bridgehead atoms. The van der Waals surface area contributed by atoms with Gasteiger partial charge in [-0.3, -0.25) is 9.69 Å². The molecule has 1 saturated heterocycles. The molecule has 2 heterocycles. The van der Waals surface area contributed by atoms with Crippen molar-refractivity contribution in [3.05, 3.63) is 41.1 Å². The van der Waals surface area contributed by atoms with Gasteiger partial charge in [0.25, 0.3) is 5.91 Å². The Hall–Kier alpha value is -2.96. The van der Waals surface area contributed by atoms with E-state index in [1.165, 1.54) is 12.0 Å². The van der Waals surface area contributed by atoms with Crippen LogP contribution in [0.4, 0.5) is 4.79 Å². The third-order valence-electron chi connectivity index (χ3n) is 6.43. The van der Waals surface area contributed by atoms with Gasteiger partial charge >= 0.3 is 12.0 Å². The number of pyridine rings is 1. The van der Waals surface area contributed by atoms with Gasteiger partial charge in [-0.2, -0.15) is 0 Å². The number of urea groups is 1. The van der Waals surface area contributed by atoms with E-state index in [0.717, 1.165) is 30.2 Å². The molecule has 0 unspecified atom stereocenters. The molecule has 1 aliphatic heterocycles. The maximum Gasteiger partial charge on any atom is 0.340 e. The molecule has 2 fully saturated rings. The number of carbonyl (C=O) groups is 3. The first-order valence-corrected chi connectivity index (χ1v) is 9.99. The summed E-state index contributed by atoms with van der Waals surface area (Å²) >= 11 is 0. The van der Waals surface area contributed by atoms with Crippen LogP contribution in [0.2, 0.25) is 0 Å². The predicted molar refractivity (Wildman–Crippen MR) is 107 cm³/mol. The van der Waals surface area contributed by atoms with E-state index >= 15 is 0 Å². The summed E-state index contributed by atoms with van der Waals surface area (Å²) in [4.78, 5) is 44.4. The van der Waals surface area contributed by atoms with Gasteiger partial charge in [-0.1, -0.05) is 38.0 Å². The van der Waals surface area contributed by atoms with Crippen LogP contribution in [0.1, 0.15) is 54.2 Å². The molecular weight excluding hydrogens is 370 g/mol. The van der Waals surface area contributed by atoms with Crippen molar-refractivity contribution in [3.8, 4) is 0 Å². The fourth-order valence-corrected chi connectivity index (χ4v) is 4.72. The highest BCUT2D eigenvalue weighted by molar-refractivity contribution is 6.07. The number of esters is 1. The van der Waals surface area contributed by atoms with Crippen molar-refractivity contribution in [1.82, 2.24) is 15.2 Å². The minimum Gasteiger partial charge on any atom is -0.465 e. The number of aromatic nitrogens is 1. The molecular formula is C22H25N3O4. The van der Waals surface area contributed by atoms with E-state index in [0.29, 0.717) is 23.2 Å². The van der Waals surface area contributed by atoms with E-state index in [9.17, 15) is 14.4 Å². The molecule has 152 valence electrons. The zero-order valence-electron chi connectivity index (χ0n) is 16.9. The van der Waals surface area contributed by atoms with Crippen molar-refractivity contribution in [2.75, 3.05) is 7.11 Å². The molecule has 7 heteroatoms. The standard InChI is InChI=1S/C22H25N3O4/c1-13-8-6-7-11-22(13)20(27)25(21(28)24-22)12-17-18(19(26)29-3)14(2)15-9-4-5-10-16(15)23-17/h4-5,9-10,13H,6-8,11-12H2,1-3H3,(H,24,28)/t13-,22+/m0/s1. The Morgan fingerprint density at radius 3 is 2.79 bits per heavy atom. The molecule has 2 aliphatic rings. The lowest BCUT2D eigenvalue weighted by atomic mass is 9.73. The van der Waals surface area contributed by atoms with Gasteiger partial charge in [-0.15, -0.1) is 0 Å². The van der Waals surface area contributed by atoms with Gasteiger partial charge in [0, 0.05) is 5.39 Å². The molecule has 2 atom stereocenters. The Balaban J connectivity index is 1.77. The number of hydrogen-bond acceptors (Lipinski definition) is 5. The van der Waals surface area contributed by atoms with Gasteiger partial charge in [0.05, 0.1) is 30.4 Å². The minimum absolute atomic E-state index is 0.0603. The Morgan fingerprint density at radius 1 is 1.31 bits per heavy atom. The third kappa shape index (κ3) is 2.96. The van der Waals surface area contributed by atoms with Gasteiger partial charge in [0.15, 0.2) is 0 Å². The van der Waals surface area contributed by atoms with E-state index in [4.69, 9.17) is 4.74 Å². The Morgan fingerprint density at radius 2 is 2.07 bits per heavy atom. The lowest BCUT2D eigenvalue weighted by Gasteiger charge is -2.36. The van der Waals surface area contributed by atoms with Crippen molar-refractivity contribution in [2.45, 2.75) is 51.6 Å². The molecule has 0 radical (unpaired) electrons. The summed E-state index contributed by atoms with van der Waals surface area (Å²) in [6.07, 6.45) is 3.51. The van der Waals surface area contributed by atoms with Gasteiger partial charge in [0.2, 0.25) is 0 Å². The number of imide groups is 1. The molecule has 3 amide bonds. The van der Waals surface area contributed by atoms with Crippen LogP contribution in [0.5, 0.6) is 0 Å². The fraction of sp³-hybridized carbons (Fsp3) is 0.455. The van der Waals surface area contributed by atoms with Crippen LogP contribution in [-0.4, -0.2) is 40.4 Å². The molecule has 2 aromatic rings. The molecule has 1 saturated carbocycles. The Bertz CT molecular complexity index is 1020. The number of amides is 3. The second-order valence-corrected chi connectivity index (χ2v) is 8.01. The summed E-state index contributed by atoms with van der Waals surface area (Å²) in [6.45, 7) is 3.78. The zero-order chi connectivity index (χ0) is 20.8. The summed E-state index contributed by atoms with van der Waals surface area (Å²) in [5, 5.41) is 3.79. The average molecular weight is 395 g/mol. The number of nitrogens with one attached hydrogen (secondary N) is 1. The molecule has 1 N–H and O–H groups in total. The Labute approximate surface area is 169 Å². The number of carbonyl (C=O) groups excluding carboxylic acids is 3. The molecule has 1 aromatic carbocycles. The number of hydrogen-bond donors (Lipinski definition) is 1. The van der Waals surface area contributed by atoms with Crippen molar-refractivity contribution in [1.29, 1.82) is 0 Å². The van der Waals surface area contributed by atoms with Crippen molar-refractivity contribution < 1.29 is 19.1 Å². The van der Waals surface area contributed by atoms with Gasteiger partial charge in [0.1, 0.15) is 5.54 Å². The zero-order valence-corrected chi connectivity index (χ0v) is 16.9. The van der Waals surface area contributed by atoms with Crippen LogP contribution in [0.15, 0.2) is 24.3 Å². The maximum atomic E-state index is 13.3. The summed E-state index contributed by atoms with van der Waals surface area (Å²) in [7, 11) is 1.31. The summed E-state index contributed by atoms with van der Waals surface area (Å²) in [5.74, 6) is -0.675. The molecule has 1 aromatic heterocycles. The monoisotopic (exact) mass is 395 g/mol. The van der Waals surface area contributed by atoms with Crippen LogP contribution in [0.3, 0.4) is 0 Å². The number of nitrogens with zero attached hydrogens (tertiary/aromatic N) is 2. The van der Waals surface area contributed by atoms with Gasteiger partial charge in [-0.25, -0.2) is 14.6 Å². The first-order valence-electron chi connectivity index (χ1n) is 9.99. The van der Waals surface area contributed by atoms with E-state index in [1.54, 1.807) is 0 Å². The highest BCUT2D eigenvalue weighted by atomic mass is 16.5. The summed E-state index contributed by atoms with van der Waals surface area (Å²) in [5.41, 5.74) is 1.28. The van der Waals surface area contributed by atoms with E-state index < -0.39 is 17.5 Å². The molecule has 1 spiro atoms. The lowest BCUT2D eigenvalue weighted by molar-refractivity contribution is -0.134. The predicted octanol–water partition coefficient (Wildman–Crippen LogP) is 3.33. The second kappa shape index (κ2) is 7.13. The third-order valence-corrected chi connectivity index (χ3v) is 6.43. The second-order valence-electron chi connectivity index (χ2n) is 8.01. The molecule has 1 aliphatic carbocycles. The van der Waals surface area contributed by atoms with Crippen molar-refractivity contribution in [2.24, 2.45) is 5.92 Å². The SMILES string of the molecule is COC(=O)c1c(CN2C(=O)N[C@@]3(CCCC[C@@H]3C)C2=O)nc2ccccc2c1C. The van der Waals surface area contributed by atoms with Crippen LogP contribution < -0.4 is 5.32 Å². The van der Waals surface area contributed by atoms with Crippen LogP contribution >= 0.6 is 0 Å². The summed E-state index contributed by atoms with van der Waals surface area (Å²) in [6, 6.07) is 7.06. The highest BCUT2D eigenvalue weighted by Gasteiger charge is 2.55. The van der Waals surface area contributed by atoms with E-state index in [-0.39, 0.29) is 18.4 Å². The number of fused-ring (bicyclic) bond motifs is 1. The molecule has 29 heavy (non-hydrogen) atoms. The topological polar surface area (TPSA) is 88.6 Å². The van der Waals surface area contributed by atoms with Crippen LogP contribution in [0.25, 0.3) is 10.9 Å². The average Bonchev–Trinajstić information content (AvgIpc) is 2.95. The van der Waals surface area contributed by atoms with Gasteiger partial charge < -0.3 is 10.1 Å². The number of benzene rings is 1. The maximum absolute atomic E-state index is 13.3. The number of rotatable bonds is 3. The Kier molecular flexibility index (Phi) is 4.76. The molecule has 4 rings (SSSR count). The van der Waals surface area contributed by atoms with Crippen LogP contribution in [-0.2, 0) is 16.1 Å². The number of methoxy groups -OCH3 is 1. The largest absolute Gasteiger partial charge is 0.465 e. The number of ether oxygens (including phenoxy) is 1. The first-order chi connectivity index (χ1) is 13.9. The van der Waals surface area contributed by atoms with E-state index in [2.05, 4.69) is 10.3 Å².